The van der Waals surface area contributed by atoms with Crippen molar-refractivity contribution in [2.75, 3.05) is 24.5 Å². The molecule has 2 atom stereocenters. The lowest BCUT2D eigenvalue weighted by molar-refractivity contribution is -0.141. The van der Waals surface area contributed by atoms with Crippen LogP contribution in [-0.2, 0) is 19.3 Å². The van der Waals surface area contributed by atoms with E-state index in [0.717, 1.165) is 42.5 Å². The van der Waals surface area contributed by atoms with Gasteiger partial charge in [-0.25, -0.2) is 4.79 Å². The number of hydrogen-bond donors (Lipinski definition) is 1. The Balaban J connectivity index is 1.61. The van der Waals surface area contributed by atoms with Crippen molar-refractivity contribution in [2.24, 2.45) is 5.92 Å². The number of imidazole rings is 1. The van der Waals surface area contributed by atoms with Gasteiger partial charge in [-0.15, -0.1) is 0 Å². The van der Waals surface area contributed by atoms with Crippen LogP contribution in [0.2, 0.25) is 0 Å². The highest BCUT2D eigenvalue weighted by Crippen LogP contribution is 2.35. The van der Waals surface area contributed by atoms with Crippen molar-refractivity contribution in [3.8, 4) is 0 Å². The summed E-state index contributed by atoms with van der Waals surface area (Å²) in [5, 5.41) is 3.29. The smallest absolute Gasteiger partial charge is 0.338 e. The second-order valence-corrected chi connectivity index (χ2v) is 10.9. The first-order valence-corrected chi connectivity index (χ1v) is 13.4. The van der Waals surface area contributed by atoms with Crippen molar-refractivity contribution in [3.63, 3.8) is 0 Å². The molecule has 216 valence electrons. The summed E-state index contributed by atoms with van der Waals surface area (Å²) in [6.45, 7) is -0.00518. The lowest BCUT2D eigenvalue weighted by atomic mass is 10.1. The molecule has 1 aromatic carbocycles. The first-order valence-electron chi connectivity index (χ1n) is 13.4. The van der Waals surface area contributed by atoms with Gasteiger partial charge in [0, 0.05) is 31.7 Å². The SMILES string of the molecule is O=c1c2c(nc(N3CCC4CNCC43)n2Cc2cccc(C(F)(F)F)c2)n(CC(F)(F)F)c(=O)n1C1CCCC1. The van der Waals surface area contributed by atoms with Gasteiger partial charge in [-0.2, -0.15) is 31.3 Å². The van der Waals surface area contributed by atoms with Crippen molar-refractivity contribution in [1.82, 2.24) is 24.0 Å². The van der Waals surface area contributed by atoms with E-state index in [9.17, 15) is 35.9 Å². The Hall–Kier alpha value is -3.29. The maximum Gasteiger partial charge on any atom is 0.416 e. The quantitative estimate of drug-likeness (QED) is 0.471. The molecule has 0 spiro atoms. The number of halogens is 6. The Morgan fingerprint density at radius 2 is 1.73 bits per heavy atom. The van der Waals surface area contributed by atoms with Gasteiger partial charge in [0.1, 0.15) is 6.54 Å². The zero-order valence-corrected chi connectivity index (χ0v) is 21.4. The number of hydrogen-bond acceptors (Lipinski definition) is 5. The minimum atomic E-state index is -4.77. The third kappa shape index (κ3) is 4.69. The molecular weight excluding hydrogens is 542 g/mol. The zero-order chi connectivity index (χ0) is 28.4. The van der Waals surface area contributed by atoms with E-state index in [0.29, 0.717) is 30.5 Å². The average Bonchev–Trinajstić information content (AvgIpc) is 3.66. The predicted molar refractivity (Wildman–Crippen MR) is 134 cm³/mol. The fourth-order valence-corrected chi connectivity index (χ4v) is 6.55. The van der Waals surface area contributed by atoms with E-state index < -0.39 is 47.4 Å². The second kappa shape index (κ2) is 9.67. The van der Waals surface area contributed by atoms with E-state index in [1.54, 1.807) is 0 Å². The molecule has 4 heterocycles. The Morgan fingerprint density at radius 3 is 2.42 bits per heavy atom. The Labute approximate surface area is 224 Å². The highest BCUT2D eigenvalue weighted by molar-refractivity contribution is 5.75. The van der Waals surface area contributed by atoms with Gasteiger partial charge in [0.15, 0.2) is 11.2 Å². The molecule has 1 saturated carbocycles. The van der Waals surface area contributed by atoms with Gasteiger partial charge in [-0.05, 0) is 42.9 Å². The summed E-state index contributed by atoms with van der Waals surface area (Å²) in [7, 11) is 0. The van der Waals surface area contributed by atoms with Crippen LogP contribution in [0.5, 0.6) is 0 Å². The number of fused-ring (bicyclic) bond motifs is 2. The molecule has 2 aromatic heterocycles. The summed E-state index contributed by atoms with van der Waals surface area (Å²) < 4.78 is 84.5. The number of benzene rings is 1. The zero-order valence-electron chi connectivity index (χ0n) is 21.4. The molecule has 3 fully saturated rings. The maximum absolute atomic E-state index is 13.9. The third-order valence-electron chi connectivity index (χ3n) is 8.37. The van der Waals surface area contributed by atoms with Crippen LogP contribution in [-0.4, -0.2) is 50.5 Å². The van der Waals surface area contributed by atoms with Crippen LogP contribution in [0.4, 0.5) is 32.3 Å². The molecule has 3 aromatic rings. The molecule has 0 radical (unpaired) electrons. The van der Waals surface area contributed by atoms with E-state index in [2.05, 4.69) is 10.3 Å². The Kier molecular flexibility index (Phi) is 6.50. The summed E-state index contributed by atoms with van der Waals surface area (Å²) in [4.78, 5) is 33.8. The number of nitrogens with zero attached hydrogens (tertiary/aromatic N) is 5. The van der Waals surface area contributed by atoms with Crippen LogP contribution in [0.3, 0.4) is 0 Å². The Bertz CT molecular complexity index is 1550. The number of aromatic nitrogens is 4. The van der Waals surface area contributed by atoms with Gasteiger partial charge < -0.3 is 10.2 Å². The molecule has 14 heteroatoms. The number of rotatable bonds is 5. The van der Waals surface area contributed by atoms with Crippen LogP contribution in [0, 0.1) is 5.92 Å². The molecule has 40 heavy (non-hydrogen) atoms. The predicted octanol–water partition coefficient (Wildman–Crippen LogP) is 3.90. The molecule has 8 nitrogen and oxygen atoms in total. The van der Waals surface area contributed by atoms with E-state index >= 15 is 0 Å². The van der Waals surface area contributed by atoms with E-state index in [1.807, 2.05) is 4.90 Å². The summed E-state index contributed by atoms with van der Waals surface area (Å²) in [5.41, 5.74) is -3.13. The van der Waals surface area contributed by atoms with Gasteiger partial charge >= 0.3 is 18.0 Å². The van der Waals surface area contributed by atoms with Crippen molar-refractivity contribution in [1.29, 1.82) is 0 Å². The lowest BCUT2D eigenvalue weighted by Crippen LogP contribution is -2.44. The fraction of sp³-hybridized carbons (Fsp3) is 0.577. The first kappa shape index (κ1) is 26.9. The topological polar surface area (TPSA) is 77.1 Å². The Morgan fingerprint density at radius 1 is 0.975 bits per heavy atom. The minimum absolute atomic E-state index is 0.0445. The molecule has 2 unspecified atom stereocenters. The fourth-order valence-electron chi connectivity index (χ4n) is 6.55. The molecule has 1 N–H and O–H groups in total. The van der Waals surface area contributed by atoms with Crippen LogP contribution >= 0.6 is 0 Å². The molecule has 1 aliphatic carbocycles. The first-order chi connectivity index (χ1) is 18.9. The van der Waals surface area contributed by atoms with Crippen molar-refractivity contribution in [2.45, 2.75) is 69.6 Å². The normalized spacial score (nSPS) is 22.1. The van der Waals surface area contributed by atoms with Gasteiger partial charge in [-0.1, -0.05) is 25.0 Å². The number of nitrogens with one attached hydrogen (secondary N) is 1. The van der Waals surface area contributed by atoms with Crippen LogP contribution in [0.1, 0.15) is 49.3 Å². The number of anilines is 1. The van der Waals surface area contributed by atoms with Crippen molar-refractivity contribution >= 4 is 17.1 Å². The monoisotopic (exact) mass is 570 g/mol. The third-order valence-corrected chi connectivity index (χ3v) is 8.37. The lowest BCUT2D eigenvalue weighted by Gasteiger charge is -2.25. The molecule has 0 amide bonds. The molecular formula is C26H28F6N6O2. The van der Waals surface area contributed by atoms with Gasteiger partial charge in [0.05, 0.1) is 12.1 Å². The summed E-state index contributed by atoms with van der Waals surface area (Å²) in [5.74, 6) is 0.439. The summed E-state index contributed by atoms with van der Waals surface area (Å²) in [6.07, 6.45) is -6.18. The number of alkyl halides is 6. The minimum Gasteiger partial charge on any atom is -0.338 e. The van der Waals surface area contributed by atoms with Gasteiger partial charge in [0.2, 0.25) is 5.95 Å². The maximum atomic E-state index is 13.9. The van der Waals surface area contributed by atoms with E-state index in [1.165, 1.54) is 16.7 Å². The van der Waals surface area contributed by atoms with Crippen molar-refractivity contribution < 1.29 is 26.3 Å². The highest BCUT2D eigenvalue weighted by Gasteiger charge is 2.41. The van der Waals surface area contributed by atoms with Crippen LogP contribution < -0.4 is 21.5 Å². The average molecular weight is 571 g/mol. The van der Waals surface area contributed by atoms with Gasteiger partial charge in [-0.3, -0.25) is 18.5 Å². The second-order valence-electron chi connectivity index (χ2n) is 10.9. The summed E-state index contributed by atoms with van der Waals surface area (Å²) in [6, 6.07) is 4.01. The van der Waals surface area contributed by atoms with Crippen molar-refractivity contribution in [3.05, 3.63) is 56.2 Å². The molecule has 3 aliphatic rings. The van der Waals surface area contributed by atoms with E-state index in [4.69, 9.17) is 0 Å². The molecule has 2 saturated heterocycles. The van der Waals surface area contributed by atoms with Gasteiger partial charge in [0.25, 0.3) is 5.56 Å². The largest absolute Gasteiger partial charge is 0.416 e. The molecule has 2 aliphatic heterocycles. The molecule has 6 rings (SSSR count). The molecule has 0 bridgehead atoms. The van der Waals surface area contributed by atoms with Crippen LogP contribution in [0.15, 0.2) is 33.9 Å². The standard InChI is InChI=1S/C26H28F6N6O2/c27-25(28,29)14-37-21-20(22(39)38(24(37)40)18-6-1-2-7-18)36(13-15-4-3-5-17(10-15)26(30,31)32)23(34-21)35-9-8-16-11-33-12-19(16)35/h3-5,10,16,18-19,33H,1-2,6-9,11-14H2. The van der Waals surface area contributed by atoms with Crippen LogP contribution in [0.25, 0.3) is 11.2 Å². The van der Waals surface area contributed by atoms with E-state index in [-0.39, 0.29) is 35.5 Å². The summed E-state index contributed by atoms with van der Waals surface area (Å²) >= 11 is 0. The highest BCUT2D eigenvalue weighted by atomic mass is 19.4.